The van der Waals surface area contributed by atoms with Crippen molar-refractivity contribution in [3.63, 3.8) is 0 Å². The number of nitrogens with two attached hydrogens (primary N) is 1. The number of aromatic nitrogens is 5. The van der Waals surface area contributed by atoms with E-state index in [1.165, 1.54) is 0 Å². The van der Waals surface area contributed by atoms with Gasteiger partial charge in [0.25, 0.3) is 0 Å². The van der Waals surface area contributed by atoms with E-state index in [2.05, 4.69) is 26.7 Å². The van der Waals surface area contributed by atoms with Crippen LogP contribution >= 0.6 is 0 Å². The predicted octanol–water partition coefficient (Wildman–Crippen LogP) is 4.04. The van der Waals surface area contributed by atoms with Crippen LogP contribution in [0.5, 0.6) is 0 Å². The molecule has 0 atom stereocenters. The fourth-order valence-electron chi connectivity index (χ4n) is 4.23. The zero-order valence-corrected chi connectivity index (χ0v) is 18.0. The quantitative estimate of drug-likeness (QED) is 0.447. The minimum atomic E-state index is -0.0226. The van der Waals surface area contributed by atoms with Crippen LogP contribution in [0.25, 0.3) is 33.6 Å². The molecular weight excluding hydrogens is 412 g/mol. The summed E-state index contributed by atoms with van der Waals surface area (Å²) in [5.74, 6) is 1.13. The van der Waals surface area contributed by atoms with E-state index in [-0.39, 0.29) is 11.4 Å². The summed E-state index contributed by atoms with van der Waals surface area (Å²) in [5.41, 5.74) is 11.2. The Morgan fingerprint density at radius 2 is 1.58 bits per heavy atom. The monoisotopic (exact) mass is 432 g/mol. The van der Waals surface area contributed by atoms with E-state index in [9.17, 15) is 10.5 Å². The first-order chi connectivity index (χ1) is 16.2. The lowest BCUT2D eigenvalue weighted by Crippen LogP contribution is -2.07. The molecular formula is C25H20N8. The van der Waals surface area contributed by atoms with Gasteiger partial charge in [-0.25, -0.2) is 15.0 Å². The van der Waals surface area contributed by atoms with Gasteiger partial charge in [-0.1, -0.05) is 42.5 Å². The van der Waals surface area contributed by atoms with Crippen molar-refractivity contribution in [2.24, 2.45) is 0 Å². The lowest BCUT2D eigenvalue weighted by atomic mass is 10.1. The van der Waals surface area contributed by atoms with Gasteiger partial charge < -0.3 is 14.9 Å². The van der Waals surface area contributed by atoms with Crippen molar-refractivity contribution in [1.82, 2.24) is 24.1 Å². The van der Waals surface area contributed by atoms with Gasteiger partial charge in [-0.15, -0.1) is 0 Å². The summed E-state index contributed by atoms with van der Waals surface area (Å²) in [4.78, 5) is 13.9. The molecule has 0 radical (unpaired) electrons. The van der Waals surface area contributed by atoms with Crippen molar-refractivity contribution >= 4 is 28.0 Å². The number of nitrogens with zero attached hydrogens (tertiary/aromatic N) is 7. The number of anilines is 1. The summed E-state index contributed by atoms with van der Waals surface area (Å²) < 4.78 is 3.94. The SMILES string of the molecule is CCn1c(-c2c(N)n(CCc3ccccc3)c3nc(C#N)c(C#N)nc23)nc2ccccc21. The Bertz CT molecular complexity index is 1580. The number of nitriles is 2. The van der Waals surface area contributed by atoms with Gasteiger partial charge in [0.2, 0.25) is 0 Å². The highest BCUT2D eigenvalue weighted by atomic mass is 15.1. The standard InChI is InChI=1S/C25H20N8/c1-2-32-20-11-7-6-10-17(20)30-24(32)21-22-25(31-19(15-27)18(14-26)29-22)33(23(21)28)13-12-16-8-4-3-5-9-16/h3-11H,2,12-13,28H2,1H3. The molecule has 2 N–H and O–H groups in total. The van der Waals surface area contributed by atoms with Crippen molar-refractivity contribution in [1.29, 1.82) is 10.5 Å². The highest BCUT2D eigenvalue weighted by Gasteiger charge is 2.25. The first-order valence-corrected chi connectivity index (χ1v) is 10.7. The Morgan fingerprint density at radius 1 is 0.879 bits per heavy atom. The third kappa shape index (κ3) is 3.26. The molecule has 0 unspecified atom stereocenters. The maximum Gasteiger partial charge on any atom is 0.179 e. The average molecular weight is 432 g/mol. The highest BCUT2D eigenvalue weighted by Crippen LogP contribution is 2.37. The molecule has 33 heavy (non-hydrogen) atoms. The van der Waals surface area contributed by atoms with Gasteiger partial charge in [-0.2, -0.15) is 10.5 Å². The molecule has 8 nitrogen and oxygen atoms in total. The number of rotatable bonds is 5. The van der Waals surface area contributed by atoms with E-state index in [4.69, 9.17) is 10.7 Å². The van der Waals surface area contributed by atoms with Crippen LogP contribution in [0.3, 0.4) is 0 Å². The van der Waals surface area contributed by atoms with Crippen molar-refractivity contribution in [2.75, 3.05) is 5.73 Å². The van der Waals surface area contributed by atoms with Crippen molar-refractivity contribution in [3.8, 4) is 23.5 Å². The largest absolute Gasteiger partial charge is 0.384 e. The van der Waals surface area contributed by atoms with Gasteiger partial charge in [-0.3, -0.25) is 0 Å². The Hall–Kier alpha value is -4.69. The molecule has 2 aromatic carbocycles. The van der Waals surface area contributed by atoms with E-state index in [1.807, 2.05) is 66.1 Å². The third-order valence-electron chi connectivity index (χ3n) is 5.79. The summed E-state index contributed by atoms with van der Waals surface area (Å²) in [6, 6.07) is 21.9. The number of nitrogen functional groups attached to an aromatic ring is 1. The summed E-state index contributed by atoms with van der Waals surface area (Å²) in [7, 11) is 0. The lowest BCUT2D eigenvalue weighted by Gasteiger charge is -2.09. The van der Waals surface area contributed by atoms with Crippen LogP contribution in [0.4, 0.5) is 5.82 Å². The number of fused-ring (bicyclic) bond motifs is 2. The van der Waals surface area contributed by atoms with Crippen LogP contribution in [0.15, 0.2) is 54.6 Å². The summed E-state index contributed by atoms with van der Waals surface area (Å²) >= 11 is 0. The molecule has 0 amide bonds. The maximum atomic E-state index is 9.55. The Labute approximate surface area is 190 Å². The van der Waals surface area contributed by atoms with Gasteiger partial charge in [0.05, 0.1) is 16.6 Å². The molecule has 3 aromatic heterocycles. The smallest absolute Gasteiger partial charge is 0.179 e. The van der Waals surface area contributed by atoms with Gasteiger partial charge in [0.15, 0.2) is 17.0 Å². The number of hydrogen-bond acceptors (Lipinski definition) is 6. The van der Waals surface area contributed by atoms with E-state index in [0.29, 0.717) is 41.5 Å². The fraction of sp³-hybridized carbons (Fsp3) is 0.160. The summed E-state index contributed by atoms with van der Waals surface area (Å²) in [6.45, 7) is 3.27. The fourth-order valence-corrected chi connectivity index (χ4v) is 4.23. The van der Waals surface area contributed by atoms with Gasteiger partial charge in [-0.05, 0) is 31.0 Å². The summed E-state index contributed by atoms with van der Waals surface area (Å²) in [6.07, 6.45) is 0.724. The minimum absolute atomic E-state index is 0.0148. The second-order valence-corrected chi connectivity index (χ2v) is 7.63. The van der Waals surface area contributed by atoms with Crippen LogP contribution in [-0.4, -0.2) is 24.1 Å². The number of para-hydroxylation sites is 2. The molecule has 0 aliphatic heterocycles. The number of benzene rings is 2. The van der Waals surface area contributed by atoms with Crippen molar-refractivity contribution in [3.05, 3.63) is 71.5 Å². The van der Waals surface area contributed by atoms with Crippen LogP contribution in [0.2, 0.25) is 0 Å². The maximum absolute atomic E-state index is 9.55. The Kier molecular flexibility index (Phi) is 4.96. The molecule has 0 fully saturated rings. The van der Waals surface area contributed by atoms with Crippen LogP contribution in [-0.2, 0) is 19.5 Å². The molecule has 0 saturated carbocycles. The minimum Gasteiger partial charge on any atom is -0.384 e. The zero-order chi connectivity index (χ0) is 22.9. The predicted molar refractivity (Wildman–Crippen MR) is 126 cm³/mol. The highest BCUT2D eigenvalue weighted by molar-refractivity contribution is 5.99. The lowest BCUT2D eigenvalue weighted by molar-refractivity contribution is 0.723. The molecule has 5 aromatic rings. The van der Waals surface area contributed by atoms with Crippen LogP contribution < -0.4 is 5.73 Å². The normalized spacial score (nSPS) is 11.0. The Morgan fingerprint density at radius 3 is 2.30 bits per heavy atom. The van der Waals surface area contributed by atoms with Gasteiger partial charge in [0, 0.05) is 13.1 Å². The van der Waals surface area contributed by atoms with Crippen molar-refractivity contribution < 1.29 is 0 Å². The van der Waals surface area contributed by atoms with E-state index in [1.54, 1.807) is 0 Å². The molecule has 160 valence electrons. The van der Waals surface area contributed by atoms with Crippen LogP contribution in [0.1, 0.15) is 23.9 Å². The van der Waals surface area contributed by atoms with Crippen molar-refractivity contribution in [2.45, 2.75) is 26.4 Å². The Balaban J connectivity index is 1.78. The van der Waals surface area contributed by atoms with E-state index < -0.39 is 0 Å². The molecule has 0 bridgehead atoms. The first kappa shape index (κ1) is 20.2. The molecule has 5 rings (SSSR count). The molecule has 0 spiro atoms. The van der Waals surface area contributed by atoms with E-state index >= 15 is 0 Å². The number of imidazole rings is 1. The average Bonchev–Trinajstić information content (AvgIpc) is 3.35. The molecule has 8 heteroatoms. The van der Waals surface area contributed by atoms with E-state index in [0.717, 1.165) is 23.0 Å². The third-order valence-corrected chi connectivity index (χ3v) is 5.79. The van der Waals surface area contributed by atoms with Gasteiger partial charge >= 0.3 is 0 Å². The number of aryl methyl sites for hydroxylation is 3. The summed E-state index contributed by atoms with van der Waals surface area (Å²) in [5, 5.41) is 19.1. The topological polar surface area (TPSA) is 122 Å². The first-order valence-electron chi connectivity index (χ1n) is 10.7. The van der Waals surface area contributed by atoms with Gasteiger partial charge in [0.1, 0.15) is 29.3 Å². The molecule has 0 aliphatic rings. The molecule has 0 saturated heterocycles. The molecule has 3 heterocycles. The number of hydrogen-bond donors (Lipinski definition) is 1. The van der Waals surface area contributed by atoms with Crippen LogP contribution in [0, 0.1) is 22.7 Å². The second-order valence-electron chi connectivity index (χ2n) is 7.63. The zero-order valence-electron chi connectivity index (χ0n) is 18.0. The second kappa shape index (κ2) is 8.10. The molecule has 0 aliphatic carbocycles.